The molecule has 2 saturated heterocycles. The summed E-state index contributed by atoms with van der Waals surface area (Å²) in [5.74, 6) is -1.02. The van der Waals surface area contributed by atoms with Crippen LogP contribution in [0.5, 0.6) is 0 Å². The standard InChI is InChI=1S/C38H38F3N5O5/c1-36(2)14-31(36)34(48)45-22-37(23-45)21-44(33(47)27-15-42-46(17-27)16-24-6-8-26(9-7-24)35(49)50)18-29(37)19-51-20-30-4-3-5-32(43-30)25-10-12-28(13-11-25)38(39,40)41/h3-13,15,17,29,31H,14,16,18-23H2,1-2H3,(H,49,50). The SMILES string of the molecule is CC1(C)CC1C(=O)N1CC2(CN(C(=O)c3cnn(Cc4ccc(C(=O)O)cc4)c3)CC2COCc2cccc(-c3ccc(C(F)(F)F)cc3)n2)C1. The van der Waals surface area contributed by atoms with Crippen LogP contribution in [-0.2, 0) is 28.9 Å². The highest BCUT2D eigenvalue weighted by Crippen LogP contribution is 2.54. The second kappa shape index (κ2) is 12.9. The lowest BCUT2D eigenvalue weighted by atomic mass is 9.71. The molecule has 2 aromatic heterocycles. The molecule has 2 atom stereocenters. The number of hydrogen-bond donors (Lipinski definition) is 1. The first-order valence-electron chi connectivity index (χ1n) is 16.8. The zero-order chi connectivity index (χ0) is 36.1. The van der Waals surface area contributed by atoms with Crippen LogP contribution in [-0.4, -0.2) is 80.2 Å². The minimum atomic E-state index is -4.42. The fourth-order valence-corrected chi connectivity index (χ4v) is 7.29. The molecule has 10 nitrogen and oxygen atoms in total. The second-order valence-corrected chi connectivity index (χ2v) is 14.7. The van der Waals surface area contributed by atoms with Crippen molar-refractivity contribution in [2.24, 2.45) is 22.7 Å². The highest BCUT2D eigenvalue weighted by molar-refractivity contribution is 5.94. The third kappa shape index (κ3) is 7.12. The number of rotatable bonds is 10. The number of hydrogen-bond acceptors (Lipinski definition) is 6. The van der Waals surface area contributed by atoms with Crippen molar-refractivity contribution in [1.82, 2.24) is 24.6 Å². The summed E-state index contributed by atoms with van der Waals surface area (Å²) >= 11 is 0. The topological polar surface area (TPSA) is 118 Å². The van der Waals surface area contributed by atoms with Crippen molar-refractivity contribution in [3.63, 3.8) is 0 Å². The number of alkyl halides is 3. The number of aromatic nitrogens is 3. The smallest absolute Gasteiger partial charge is 0.416 e. The van der Waals surface area contributed by atoms with Gasteiger partial charge in [0.15, 0.2) is 0 Å². The maximum Gasteiger partial charge on any atom is 0.416 e. The average Bonchev–Trinajstić information content (AvgIpc) is 3.37. The number of benzene rings is 2. The lowest BCUT2D eigenvalue weighted by molar-refractivity contribution is -0.148. The Kier molecular flexibility index (Phi) is 8.73. The molecule has 4 aromatic rings. The summed E-state index contributed by atoms with van der Waals surface area (Å²) in [6.45, 7) is 7.08. The van der Waals surface area contributed by atoms with Gasteiger partial charge in [0.2, 0.25) is 5.91 Å². The Labute approximate surface area is 292 Å². The molecule has 2 unspecified atom stereocenters. The lowest BCUT2D eigenvalue weighted by Gasteiger charge is -2.51. The molecule has 3 aliphatic rings. The zero-order valence-corrected chi connectivity index (χ0v) is 28.3. The Morgan fingerprint density at radius 1 is 0.941 bits per heavy atom. The molecule has 13 heteroatoms. The molecule has 1 aliphatic carbocycles. The van der Waals surface area contributed by atoms with Crippen molar-refractivity contribution in [2.45, 2.75) is 39.6 Å². The van der Waals surface area contributed by atoms with E-state index in [1.165, 1.54) is 30.5 Å². The van der Waals surface area contributed by atoms with E-state index in [9.17, 15) is 27.6 Å². The normalized spacial score (nSPS) is 20.3. The van der Waals surface area contributed by atoms with E-state index in [1.807, 2.05) is 9.80 Å². The lowest BCUT2D eigenvalue weighted by Crippen LogP contribution is -2.63. The van der Waals surface area contributed by atoms with E-state index in [0.717, 1.165) is 24.1 Å². The molecule has 51 heavy (non-hydrogen) atoms. The number of carboxylic acids is 1. The first-order valence-corrected chi connectivity index (χ1v) is 16.8. The summed E-state index contributed by atoms with van der Waals surface area (Å²) in [6.07, 6.45) is -0.324. The van der Waals surface area contributed by atoms with Gasteiger partial charge in [0, 0.05) is 55.2 Å². The number of aromatic carboxylic acids is 1. The van der Waals surface area contributed by atoms with Crippen LogP contribution in [0.3, 0.4) is 0 Å². The molecule has 2 amide bonds. The molecule has 2 aromatic carbocycles. The van der Waals surface area contributed by atoms with Gasteiger partial charge in [-0.2, -0.15) is 18.3 Å². The number of halogens is 3. The molecular formula is C38H38F3N5O5. The van der Waals surface area contributed by atoms with Gasteiger partial charge in [-0.15, -0.1) is 0 Å². The quantitative estimate of drug-likeness (QED) is 0.220. The number of carbonyl (C=O) groups excluding carboxylic acids is 2. The van der Waals surface area contributed by atoms with Gasteiger partial charge in [-0.3, -0.25) is 19.3 Å². The van der Waals surface area contributed by atoms with Crippen molar-refractivity contribution in [1.29, 1.82) is 0 Å². The summed E-state index contributed by atoms with van der Waals surface area (Å²) in [7, 11) is 0. The minimum Gasteiger partial charge on any atom is -0.478 e. The third-order valence-electron chi connectivity index (χ3n) is 10.5. The predicted molar refractivity (Wildman–Crippen MR) is 179 cm³/mol. The minimum absolute atomic E-state index is 0.0143. The Hall–Kier alpha value is -5.04. The first kappa shape index (κ1) is 34.4. The number of likely N-dealkylation sites (tertiary alicyclic amines) is 2. The van der Waals surface area contributed by atoms with E-state index in [-0.39, 0.29) is 46.7 Å². The summed E-state index contributed by atoms with van der Waals surface area (Å²) in [5, 5.41) is 13.5. The van der Waals surface area contributed by atoms with Crippen LogP contribution in [0.15, 0.2) is 79.1 Å². The van der Waals surface area contributed by atoms with Gasteiger partial charge in [0.25, 0.3) is 5.91 Å². The van der Waals surface area contributed by atoms with Crippen LogP contribution in [0.1, 0.15) is 57.8 Å². The molecule has 2 aliphatic heterocycles. The van der Waals surface area contributed by atoms with Gasteiger partial charge >= 0.3 is 12.1 Å². The van der Waals surface area contributed by atoms with Gasteiger partial charge < -0.3 is 19.6 Å². The molecule has 266 valence electrons. The van der Waals surface area contributed by atoms with Crippen molar-refractivity contribution in [3.05, 3.63) is 107 Å². The maximum absolute atomic E-state index is 13.8. The fourth-order valence-electron chi connectivity index (χ4n) is 7.29. The van der Waals surface area contributed by atoms with E-state index in [1.54, 1.807) is 41.2 Å². The molecule has 1 saturated carbocycles. The van der Waals surface area contributed by atoms with Crippen LogP contribution in [0, 0.1) is 22.7 Å². The number of nitrogens with zero attached hydrogens (tertiary/aromatic N) is 5. The summed E-state index contributed by atoms with van der Waals surface area (Å²) < 4.78 is 46.9. The maximum atomic E-state index is 13.8. The van der Waals surface area contributed by atoms with E-state index in [2.05, 4.69) is 23.9 Å². The largest absolute Gasteiger partial charge is 0.478 e. The number of pyridine rings is 1. The Bertz CT molecular complexity index is 1950. The van der Waals surface area contributed by atoms with Crippen molar-refractivity contribution in [3.8, 4) is 11.3 Å². The van der Waals surface area contributed by atoms with E-state index in [0.29, 0.717) is 61.8 Å². The van der Waals surface area contributed by atoms with E-state index in [4.69, 9.17) is 9.84 Å². The molecule has 1 spiro atoms. The second-order valence-electron chi connectivity index (χ2n) is 14.7. The molecule has 4 heterocycles. The summed E-state index contributed by atoms with van der Waals surface area (Å²) in [6, 6.07) is 16.7. The Morgan fingerprint density at radius 3 is 2.27 bits per heavy atom. The predicted octanol–water partition coefficient (Wildman–Crippen LogP) is 5.87. The van der Waals surface area contributed by atoms with Crippen molar-refractivity contribution in [2.75, 3.05) is 32.8 Å². The molecular weight excluding hydrogens is 663 g/mol. The molecule has 0 radical (unpaired) electrons. The number of carboxylic acid groups (broad SMARTS) is 1. The Balaban J connectivity index is 1.01. The van der Waals surface area contributed by atoms with Crippen LogP contribution in [0.4, 0.5) is 13.2 Å². The van der Waals surface area contributed by atoms with Crippen LogP contribution in [0.25, 0.3) is 11.3 Å². The highest BCUT2D eigenvalue weighted by Gasteiger charge is 2.60. The molecule has 3 fully saturated rings. The molecule has 1 N–H and O–H groups in total. The van der Waals surface area contributed by atoms with Crippen LogP contribution in [0.2, 0.25) is 0 Å². The fraction of sp³-hybridized carbons (Fsp3) is 0.395. The van der Waals surface area contributed by atoms with Gasteiger partial charge in [-0.25, -0.2) is 4.79 Å². The summed E-state index contributed by atoms with van der Waals surface area (Å²) in [4.78, 5) is 46.5. The third-order valence-corrected chi connectivity index (χ3v) is 10.5. The number of ether oxygens (including phenoxy) is 1. The monoisotopic (exact) mass is 701 g/mol. The van der Waals surface area contributed by atoms with Crippen LogP contribution < -0.4 is 0 Å². The zero-order valence-electron chi connectivity index (χ0n) is 28.3. The highest BCUT2D eigenvalue weighted by atomic mass is 19.4. The van der Waals surface area contributed by atoms with Crippen LogP contribution >= 0.6 is 0 Å². The molecule has 0 bridgehead atoms. The van der Waals surface area contributed by atoms with E-state index >= 15 is 0 Å². The van der Waals surface area contributed by atoms with Crippen molar-refractivity contribution < 1.29 is 37.4 Å². The van der Waals surface area contributed by atoms with E-state index < -0.39 is 17.7 Å². The van der Waals surface area contributed by atoms with Crippen molar-refractivity contribution >= 4 is 17.8 Å². The molecule has 7 rings (SSSR count). The Morgan fingerprint density at radius 2 is 1.63 bits per heavy atom. The number of amides is 2. The first-order chi connectivity index (χ1) is 24.2. The van der Waals surface area contributed by atoms with Gasteiger partial charge in [-0.05, 0) is 53.8 Å². The average molecular weight is 702 g/mol. The number of carbonyl (C=O) groups is 3. The van der Waals surface area contributed by atoms with Gasteiger partial charge in [0.05, 0.1) is 54.0 Å². The summed E-state index contributed by atoms with van der Waals surface area (Å²) in [5.41, 5.74) is 2.17. The van der Waals surface area contributed by atoms with Gasteiger partial charge in [-0.1, -0.05) is 44.2 Å². The van der Waals surface area contributed by atoms with Gasteiger partial charge in [0.1, 0.15) is 0 Å².